The second-order valence-corrected chi connectivity index (χ2v) is 3.95. The standard InChI is InChI=1S/C11H15ClO/c1-3-11(12,4-2)9-6-5-7-10(13)8-9/h5-8,13H,3-4H2,1-2H3. The average Bonchev–Trinajstić information content (AvgIpc) is 2.17. The number of hydrogen-bond acceptors (Lipinski definition) is 1. The lowest BCUT2D eigenvalue weighted by atomic mass is 9.93. The number of phenols is 1. The van der Waals surface area contributed by atoms with E-state index in [4.69, 9.17) is 11.6 Å². The van der Waals surface area contributed by atoms with Gasteiger partial charge >= 0.3 is 0 Å². The summed E-state index contributed by atoms with van der Waals surface area (Å²) < 4.78 is 0. The highest BCUT2D eigenvalue weighted by molar-refractivity contribution is 6.24. The lowest BCUT2D eigenvalue weighted by Crippen LogP contribution is -2.15. The van der Waals surface area contributed by atoms with E-state index in [9.17, 15) is 5.11 Å². The highest BCUT2D eigenvalue weighted by Crippen LogP contribution is 2.36. The quantitative estimate of drug-likeness (QED) is 0.736. The first-order chi connectivity index (χ1) is 6.12. The molecule has 1 aromatic carbocycles. The fourth-order valence-corrected chi connectivity index (χ4v) is 1.56. The van der Waals surface area contributed by atoms with Gasteiger partial charge in [0, 0.05) is 0 Å². The van der Waals surface area contributed by atoms with Crippen molar-refractivity contribution in [1.29, 1.82) is 0 Å². The molecule has 0 aliphatic rings. The van der Waals surface area contributed by atoms with Crippen LogP contribution >= 0.6 is 11.6 Å². The molecule has 0 amide bonds. The van der Waals surface area contributed by atoms with Crippen LogP contribution in [0.3, 0.4) is 0 Å². The van der Waals surface area contributed by atoms with Gasteiger partial charge in [-0.25, -0.2) is 0 Å². The molecule has 1 aromatic rings. The zero-order valence-electron chi connectivity index (χ0n) is 8.05. The predicted octanol–water partition coefficient (Wildman–Crippen LogP) is 3.65. The van der Waals surface area contributed by atoms with E-state index >= 15 is 0 Å². The summed E-state index contributed by atoms with van der Waals surface area (Å²) >= 11 is 6.39. The Morgan fingerprint density at radius 1 is 1.31 bits per heavy atom. The van der Waals surface area contributed by atoms with E-state index in [0.29, 0.717) is 0 Å². The third kappa shape index (κ3) is 2.16. The lowest BCUT2D eigenvalue weighted by molar-refractivity contribution is 0.471. The third-order valence-corrected chi connectivity index (χ3v) is 3.24. The predicted molar refractivity (Wildman–Crippen MR) is 56.2 cm³/mol. The molecular formula is C11H15ClO. The summed E-state index contributed by atoms with van der Waals surface area (Å²) in [6.07, 6.45) is 1.74. The van der Waals surface area contributed by atoms with Crippen LogP contribution in [0.15, 0.2) is 24.3 Å². The summed E-state index contributed by atoms with van der Waals surface area (Å²) in [5.74, 6) is 0.282. The molecule has 0 unspecified atom stereocenters. The third-order valence-electron chi connectivity index (χ3n) is 2.48. The largest absolute Gasteiger partial charge is 0.508 e. The highest BCUT2D eigenvalue weighted by atomic mass is 35.5. The number of halogens is 1. The van der Waals surface area contributed by atoms with Crippen LogP contribution < -0.4 is 0 Å². The number of benzene rings is 1. The second-order valence-electron chi connectivity index (χ2n) is 3.22. The minimum Gasteiger partial charge on any atom is -0.508 e. The molecule has 0 aliphatic heterocycles. The van der Waals surface area contributed by atoms with Crippen molar-refractivity contribution in [2.75, 3.05) is 0 Å². The van der Waals surface area contributed by atoms with Crippen LogP contribution in [0.5, 0.6) is 5.75 Å². The van der Waals surface area contributed by atoms with Crippen molar-refractivity contribution < 1.29 is 5.11 Å². The van der Waals surface area contributed by atoms with Crippen LogP contribution in [0.4, 0.5) is 0 Å². The Bertz CT molecular complexity index is 279. The molecule has 0 fully saturated rings. The average molecular weight is 199 g/mol. The molecule has 0 aliphatic carbocycles. The molecule has 2 heteroatoms. The van der Waals surface area contributed by atoms with E-state index in [1.165, 1.54) is 0 Å². The van der Waals surface area contributed by atoms with E-state index in [1.54, 1.807) is 12.1 Å². The topological polar surface area (TPSA) is 20.2 Å². The Hall–Kier alpha value is -0.690. The van der Waals surface area contributed by atoms with Crippen molar-refractivity contribution in [2.24, 2.45) is 0 Å². The summed E-state index contributed by atoms with van der Waals surface area (Å²) in [5, 5.41) is 9.31. The van der Waals surface area contributed by atoms with Gasteiger partial charge in [-0.1, -0.05) is 26.0 Å². The van der Waals surface area contributed by atoms with Gasteiger partial charge in [0.1, 0.15) is 5.75 Å². The van der Waals surface area contributed by atoms with E-state index < -0.39 is 0 Å². The molecule has 0 atom stereocenters. The van der Waals surface area contributed by atoms with E-state index in [1.807, 2.05) is 12.1 Å². The molecule has 72 valence electrons. The Labute approximate surface area is 84.4 Å². The Kier molecular flexibility index (Phi) is 3.21. The van der Waals surface area contributed by atoms with Gasteiger partial charge in [-0.3, -0.25) is 0 Å². The van der Waals surface area contributed by atoms with Gasteiger partial charge in [-0.05, 0) is 30.5 Å². The van der Waals surface area contributed by atoms with E-state index in [-0.39, 0.29) is 10.6 Å². The molecule has 13 heavy (non-hydrogen) atoms. The molecule has 0 heterocycles. The lowest BCUT2D eigenvalue weighted by Gasteiger charge is -2.24. The van der Waals surface area contributed by atoms with Crippen molar-refractivity contribution in [3.05, 3.63) is 29.8 Å². The zero-order chi connectivity index (χ0) is 9.90. The van der Waals surface area contributed by atoms with Crippen molar-refractivity contribution >= 4 is 11.6 Å². The summed E-state index contributed by atoms with van der Waals surface area (Å²) in [6.45, 7) is 4.11. The molecule has 0 saturated carbocycles. The van der Waals surface area contributed by atoms with Crippen LogP contribution in [0.1, 0.15) is 32.3 Å². The van der Waals surface area contributed by atoms with Gasteiger partial charge in [-0.15, -0.1) is 11.6 Å². The maximum Gasteiger partial charge on any atom is 0.115 e. The van der Waals surface area contributed by atoms with Crippen molar-refractivity contribution in [1.82, 2.24) is 0 Å². The van der Waals surface area contributed by atoms with Crippen molar-refractivity contribution in [3.63, 3.8) is 0 Å². The van der Waals surface area contributed by atoms with Gasteiger partial charge in [0.15, 0.2) is 0 Å². The normalized spacial score (nSPS) is 11.6. The smallest absolute Gasteiger partial charge is 0.115 e. The number of alkyl halides is 1. The van der Waals surface area contributed by atoms with E-state index in [0.717, 1.165) is 18.4 Å². The van der Waals surface area contributed by atoms with Crippen LogP contribution in [-0.4, -0.2) is 5.11 Å². The first kappa shape index (κ1) is 10.4. The zero-order valence-corrected chi connectivity index (χ0v) is 8.80. The monoisotopic (exact) mass is 198 g/mol. The summed E-state index contributed by atoms with van der Waals surface area (Å²) in [4.78, 5) is -0.321. The summed E-state index contributed by atoms with van der Waals surface area (Å²) in [7, 11) is 0. The Morgan fingerprint density at radius 2 is 1.92 bits per heavy atom. The van der Waals surface area contributed by atoms with Crippen LogP contribution in [0.25, 0.3) is 0 Å². The molecular weight excluding hydrogens is 184 g/mol. The van der Waals surface area contributed by atoms with Gasteiger partial charge in [0.05, 0.1) is 4.87 Å². The van der Waals surface area contributed by atoms with E-state index in [2.05, 4.69) is 13.8 Å². The van der Waals surface area contributed by atoms with Gasteiger partial charge < -0.3 is 5.11 Å². The first-order valence-electron chi connectivity index (χ1n) is 4.61. The molecule has 0 bridgehead atoms. The first-order valence-corrected chi connectivity index (χ1v) is 4.98. The van der Waals surface area contributed by atoms with Gasteiger partial charge in [-0.2, -0.15) is 0 Å². The summed E-state index contributed by atoms with van der Waals surface area (Å²) in [6, 6.07) is 7.18. The van der Waals surface area contributed by atoms with Gasteiger partial charge in [0.2, 0.25) is 0 Å². The number of rotatable bonds is 3. The molecule has 1 rings (SSSR count). The Morgan fingerprint density at radius 3 is 2.38 bits per heavy atom. The number of hydrogen-bond donors (Lipinski definition) is 1. The molecule has 0 aromatic heterocycles. The minimum atomic E-state index is -0.321. The molecule has 1 nitrogen and oxygen atoms in total. The van der Waals surface area contributed by atoms with Crippen LogP contribution in [-0.2, 0) is 4.87 Å². The van der Waals surface area contributed by atoms with Gasteiger partial charge in [0.25, 0.3) is 0 Å². The SMILES string of the molecule is CCC(Cl)(CC)c1cccc(O)c1. The molecule has 0 spiro atoms. The maximum atomic E-state index is 9.31. The molecule has 0 radical (unpaired) electrons. The summed E-state index contributed by atoms with van der Waals surface area (Å²) in [5.41, 5.74) is 0.999. The van der Waals surface area contributed by atoms with Crippen LogP contribution in [0, 0.1) is 0 Å². The fourth-order valence-electron chi connectivity index (χ4n) is 1.44. The molecule has 1 N–H and O–H groups in total. The molecule has 0 saturated heterocycles. The Balaban J connectivity index is 3.05. The second kappa shape index (κ2) is 4.01. The van der Waals surface area contributed by atoms with Crippen molar-refractivity contribution in [3.8, 4) is 5.75 Å². The van der Waals surface area contributed by atoms with Crippen LogP contribution in [0.2, 0.25) is 0 Å². The maximum absolute atomic E-state index is 9.31. The highest BCUT2D eigenvalue weighted by Gasteiger charge is 2.25. The number of aromatic hydroxyl groups is 1. The fraction of sp³-hybridized carbons (Fsp3) is 0.455. The van der Waals surface area contributed by atoms with Crippen molar-refractivity contribution in [2.45, 2.75) is 31.6 Å². The number of phenolic OH excluding ortho intramolecular Hbond substituents is 1. The minimum absolute atomic E-state index is 0.282.